The average molecular weight is 730 g/mol. The molecule has 57 heavy (non-hydrogen) atoms. The predicted octanol–water partition coefficient (Wildman–Crippen LogP) is 13.0. The van der Waals surface area contributed by atoms with Gasteiger partial charge in [-0.2, -0.15) is 9.97 Å². The number of aromatic nitrogens is 5. The fourth-order valence-corrected chi connectivity index (χ4v) is 8.62. The van der Waals surface area contributed by atoms with Crippen molar-refractivity contribution < 1.29 is 4.42 Å². The zero-order chi connectivity index (χ0) is 37.5. The molecule has 0 saturated heterocycles. The van der Waals surface area contributed by atoms with Crippen molar-refractivity contribution in [2.45, 2.75) is 0 Å². The molecule has 12 rings (SSSR count). The molecule has 0 aliphatic rings. The van der Waals surface area contributed by atoms with Crippen LogP contribution in [-0.2, 0) is 0 Å². The summed E-state index contributed by atoms with van der Waals surface area (Å²) in [6.07, 6.45) is 0. The number of hydrogen-bond acceptors (Lipinski definition) is 4. The van der Waals surface area contributed by atoms with Gasteiger partial charge in [0.05, 0.1) is 27.6 Å². The highest BCUT2D eigenvalue weighted by Crippen LogP contribution is 2.39. The maximum atomic E-state index is 6.76. The topological polar surface area (TPSA) is 61.7 Å². The summed E-state index contributed by atoms with van der Waals surface area (Å²) in [5.74, 6) is 1.66. The molecule has 4 aromatic heterocycles. The molecule has 0 aliphatic heterocycles. The lowest BCUT2D eigenvalue weighted by Gasteiger charge is -2.12. The van der Waals surface area contributed by atoms with Gasteiger partial charge in [-0.1, -0.05) is 133 Å². The van der Waals surface area contributed by atoms with Gasteiger partial charge in [0.1, 0.15) is 11.2 Å². The summed E-state index contributed by atoms with van der Waals surface area (Å²) in [6.45, 7) is 0. The molecule has 6 heteroatoms. The Bertz CT molecular complexity index is 3430. The molecule has 6 nitrogen and oxygen atoms in total. The molecule has 0 bridgehead atoms. The van der Waals surface area contributed by atoms with Gasteiger partial charge in [0.2, 0.25) is 5.95 Å². The van der Waals surface area contributed by atoms with E-state index in [4.69, 9.17) is 19.4 Å². The highest BCUT2D eigenvalue weighted by molar-refractivity contribution is 6.12. The van der Waals surface area contributed by atoms with E-state index in [-0.39, 0.29) is 0 Å². The van der Waals surface area contributed by atoms with Gasteiger partial charge in [-0.05, 0) is 65.7 Å². The number of nitrogens with zero attached hydrogens (tertiary/aromatic N) is 5. The summed E-state index contributed by atoms with van der Waals surface area (Å²) < 4.78 is 11.3. The van der Waals surface area contributed by atoms with Gasteiger partial charge in [0.15, 0.2) is 11.6 Å². The third-order valence-corrected chi connectivity index (χ3v) is 11.2. The van der Waals surface area contributed by atoms with Crippen molar-refractivity contribution in [1.29, 1.82) is 0 Å². The van der Waals surface area contributed by atoms with E-state index >= 15 is 0 Å². The van der Waals surface area contributed by atoms with E-state index < -0.39 is 0 Å². The molecule has 0 atom stereocenters. The van der Waals surface area contributed by atoms with E-state index in [1.54, 1.807) is 0 Å². The Labute approximate surface area is 326 Å². The second kappa shape index (κ2) is 12.3. The van der Waals surface area contributed by atoms with Crippen molar-refractivity contribution in [2.24, 2.45) is 0 Å². The molecule has 0 fully saturated rings. The minimum atomic E-state index is 0.536. The first-order chi connectivity index (χ1) is 28.3. The van der Waals surface area contributed by atoms with E-state index in [0.29, 0.717) is 17.6 Å². The average Bonchev–Trinajstić information content (AvgIpc) is 3.94. The highest BCUT2D eigenvalue weighted by atomic mass is 16.3. The van der Waals surface area contributed by atoms with Gasteiger partial charge in [-0.15, -0.1) is 0 Å². The van der Waals surface area contributed by atoms with Crippen LogP contribution < -0.4 is 0 Å². The molecule has 266 valence electrons. The SMILES string of the molecule is c1ccc(-c2cccc(-c3nc(-c4cccc5c4oc4ccc(-n6c7ccccc7c7ccccc76)cc45)nc(-n4c5ccccc5c5ccccc54)n3)c2)cc1. The largest absolute Gasteiger partial charge is 0.455 e. The first-order valence-electron chi connectivity index (χ1n) is 19.1. The second-order valence-corrected chi connectivity index (χ2v) is 14.4. The van der Waals surface area contributed by atoms with Crippen molar-refractivity contribution in [2.75, 3.05) is 0 Å². The van der Waals surface area contributed by atoms with Crippen LogP contribution in [0, 0.1) is 0 Å². The van der Waals surface area contributed by atoms with E-state index in [1.165, 1.54) is 10.8 Å². The Morgan fingerprint density at radius 1 is 0.351 bits per heavy atom. The Kier molecular flexibility index (Phi) is 6.83. The first-order valence-corrected chi connectivity index (χ1v) is 19.1. The van der Waals surface area contributed by atoms with Gasteiger partial charge in [-0.25, -0.2) is 4.98 Å². The van der Waals surface area contributed by atoms with Crippen LogP contribution in [0.4, 0.5) is 0 Å². The lowest BCUT2D eigenvalue weighted by atomic mass is 10.0. The summed E-state index contributed by atoms with van der Waals surface area (Å²) in [6, 6.07) is 65.5. The van der Waals surface area contributed by atoms with E-state index in [2.05, 4.69) is 185 Å². The highest BCUT2D eigenvalue weighted by Gasteiger charge is 2.21. The maximum absolute atomic E-state index is 6.76. The Hall–Kier alpha value is -7.83. The fourth-order valence-electron chi connectivity index (χ4n) is 8.62. The van der Waals surface area contributed by atoms with E-state index in [0.717, 1.165) is 82.7 Å². The van der Waals surface area contributed by atoms with Crippen molar-refractivity contribution in [3.8, 4) is 45.5 Å². The quantitative estimate of drug-likeness (QED) is 0.177. The van der Waals surface area contributed by atoms with Gasteiger partial charge >= 0.3 is 0 Å². The third kappa shape index (κ3) is 4.87. The Morgan fingerprint density at radius 3 is 1.54 bits per heavy atom. The number of fused-ring (bicyclic) bond motifs is 9. The molecule has 12 aromatic rings. The predicted molar refractivity (Wildman–Crippen MR) is 232 cm³/mol. The summed E-state index contributed by atoms with van der Waals surface area (Å²) >= 11 is 0. The first kappa shape index (κ1) is 31.5. The monoisotopic (exact) mass is 729 g/mol. The van der Waals surface area contributed by atoms with Crippen LogP contribution in [0.2, 0.25) is 0 Å². The summed E-state index contributed by atoms with van der Waals surface area (Å²) in [5.41, 5.74) is 10.9. The van der Waals surface area contributed by atoms with Gasteiger partial charge < -0.3 is 8.98 Å². The smallest absolute Gasteiger partial charge is 0.238 e. The molecule has 8 aromatic carbocycles. The lowest BCUT2D eigenvalue weighted by molar-refractivity contribution is 0.669. The number of rotatable bonds is 5. The van der Waals surface area contributed by atoms with Crippen LogP contribution in [0.5, 0.6) is 0 Å². The number of hydrogen-bond donors (Lipinski definition) is 0. The molecule has 0 amide bonds. The van der Waals surface area contributed by atoms with Crippen LogP contribution in [0.15, 0.2) is 192 Å². The minimum absolute atomic E-state index is 0.536. The summed E-state index contributed by atoms with van der Waals surface area (Å²) in [5, 5.41) is 6.76. The number of para-hydroxylation sites is 5. The standard InChI is InChI=1S/C51H31N5O/c1-2-14-32(15-3-1)33-16-12-17-34(30-33)49-52-50(54-51(53-49)56-45-26-10-6-20-38(45)39-21-7-11-27-46(39)56)41-23-13-22-40-42-31-35(28-29-47(42)57-48(40)41)55-43-24-8-4-18-36(43)37-19-5-9-25-44(37)55/h1-31H. The third-order valence-electron chi connectivity index (χ3n) is 11.2. The maximum Gasteiger partial charge on any atom is 0.238 e. The Morgan fingerprint density at radius 2 is 0.877 bits per heavy atom. The lowest BCUT2D eigenvalue weighted by Crippen LogP contribution is -2.06. The Balaban J connectivity index is 1.09. The van der Waals surface area contributed by atoms with Crippen LogP contribution in [-0.4, -0.2) is 24.1 Å². The number of furan rings is 1. The molecule has 0 radical (unpaired) electrons. The zero-order valence-electron chi connectivity index (χ0n) is 30.5. The fraction of sp³-hybridized carbons (Fsp3) is 0. The van der Waals surface area contributed by atoms with Crippen molar-refractivity contribution in [3.63, 3.8) is 0 Å². The zero-order valence-corrected chi connectivity index (χ0v) is 30.5. The van der Waals surface area contributed by atoms with Crippen molar-refractivity contribution in [1.82, 2.24) is 24.1 Å². The molecule has 0 aliphatic carbocycles. The molecular weight excluding hydrogens is 699 g/mol. The van der Waals surface area contributed by atoms with Gasteiger partial charge in [-0.3, -0.25) is 4.57 Å². The van der Waals surface area contributed by atoms with Crippen LogP contribution in [0.25, 0.3) is 111 Å². The molecule has 0 unspecified atom stereocenters. The van der Waals surface area contributed by atoms with Crippen LogP contribution in [0.3, 0.4) is 0 Å². The van der Waals surface area contributed by atoms with Crippen molar-refractivity contribution >= 4 is 65.6 Å². The molecule has 4 heterocycles. The summed E-state index contributed by atoms with van der Waals surface area (Å²) in [7, 11) is 0. The molecule has 0 spiro atoms. The van der Waals surface area contributed by atoms with Crippen molar-refractivity contribution in [3.05, 3.63) is 188 Å². The summed E-state index contributed by atoms with van der Waals surface area (Å²) in [4.78, 5) is 15.7. The van der Waals surface area contributed by atoms with Crippen LogP contribution >= 0.6 is 0 Å². The molecule has 0 N–H and O–H groups in total. The molecule has 0 saturated carbocycles. The minimum Gasteiger partial charge on any atom is -0.455 e. The van der Waals surface area contributed by atoms with E-state index in [9.17, 15) is 0 Å². The van der Waals surface area contributed by atoms with E-state index in [1.807, 2.05) is 12.1 Å². The normalized spacial score (nSPS) is 11.9. The van der Waals surface area contributed by atoms with Gasteiger partial charge in [0.25, 0.3) is 0 Å². The number of benzene rings is 8. The van der Waals surface area contributed by atoms with Crippen LogP contribution in [0.1, 0.15) is 0 Å². The second-order valence-electron chi connectivity index (χ2n) is 14.4. The van der Waals surface area contributed by atoms with Gasteiger partial charge in [0, 0.05) is 43.6 Å². The molecular formula is C51H31N5O.